The number of carbonyl (C=O) groups is 4. The van der Waals surface area contributed by atoms with E-state index in [9.17, 15) is 24.3 Å². The maximum absolute atomic E-state index is 12.9. The fraction of sp³-hybridized carbons (Fsp3) is 0.241. The van der Waals surface area contributed by atoms with Crippen LogP contribution in [0.5, 0.6) is 0 Å². The molecule has 7 nitrogen and oxygen atoms in total. The Morgan fingerprint density at radius 2 is 1.51 bits per heavy atom. The lowest BCUT2D eigenvalue weighted by Crippen LogP contribution is -2.42. The first-order valence-electron chi connectivity index (χ1n) is 12.1. The van der Waals surface area contributed by atoms with E-state index >= 15 is 0 Å². The van der Waals surface area contributed by atoms with Gasteiger partial charge in [0.05, 0.1) is 15.6 Å². The summed E-state index contributed by atoms with van der Waals surface area (Å²) in [6.07, 6.45) is 0.402. The molecule has 204 valence electrons. The molecular weight excluding hydrogens is 563 g/mol. The molecule has 39 heavy (non-hydrogen) atoms. The normalized spacial score (nSPS) is 11.5. The van der Waals surface area contributed by atoms with Crippen LogP contribution in [-0.2, 0) is 22.6 Å². The molecule has 3 aromatic carbocycles. The molecule has 0 bridgehead atoms. The summed E-state index contributed by atoms with van der Waals surface area (Å²) in [6, 6.07) is 17.9. The minimum absolute atomic E-state index is 0.0890. The van der Waals surface area contributed by atoms with Gasteiger partial charge < -0.3 is 15.3 Å². The zero-order valence-electron chi connectivity index (χ0n) is 21.1. The van der Waals surface area contributed by atoms with Crippen molar-refractivity contribution in [1.82, 2.24) is 10.2 Å². The highest BCUT2D eigenvalue weighted by Gasteiger charge is 2.26. The minimum Gasteiger partial charge on any atom is -0.480 e. The van der Waals surface area contributed by atoms with Crippen LogP contribution in [0, 0.1) is 0 Å². The summed E-state index contributed by atoms with van der Waals surface area (Å²) in [5, 5.41) is 12.4. The largest absolute Gasteiger partial charge is 0.480 e. The van der Waals surface area contributed by atoms with Crippen molar-refractivity contribution in [2.24, 2.45) is 0 Å². The number of carboxylic acids is 1. The number of aliphatic carboxylic acids is 1. The van der Waals surface area contributed by atoms with Gasteiger partial charge >= 0.3 is 5.97 Å². The van der Waals surface area contributed by atoms with E-state index in [1.807, 2.05) is 36.4 Å². The van der Waals surface area contributed by atoms with Gasteiger partial charge in [-0.2, -0.15) is 0 Å². The predicted molar refractivity (Wildman–Crippen MR) is 152 cm³/mol. The van der Waals surface area contributed by atoms with Crippen molar-refractivity contribution < 1.29 is 24.3 Å². The Morgan fingerprint density at radius 3 is 2.13 bits per heavy atom. The van der Waals surface area contributed by atoms with E-state index in [0.717, 1.165) is 11.1 Å². The Bertz CT molecular complexity index is 1340. The van der Waals surface area contributed by atoms with Crippen molar-refractivity contribution in [2.45, 2.75) is 38.3 Å². The van der Waals surface area contributed by atoms with Crippen LogP contribution in [0.1, 0.15) is 51.1 Å². The van der Waals surface area contributed by atoms with Gasteiger partial charge in [-0.15, -0.1) is 0 Å². The van der Waals surface area contributed by atoms with Gasteiger partial charge in [0.25, 0.3) is 5.91 Å². The van der Waals surface area contributed by atoms with Gasteiger partial charge in [0.2, 0.25) is 5.91 Å². The second kappa shape index (κ2) is 14.1. The molecule has 0 aliphatic rings. The van der Waals surface area contributed by atoms with Gasteiger partial charge in [0, 0.05) is 37.0 Å². The van der Waals surface area contributed by atoms with Crippen LogP contribution in [0.4, 0.5) is 0 Å². The van der Waals surface area contributed by atoms with Gasteiger partial charge in [-0.3, -0.25) is 14.4 Å². The first-order chi connectivity index (χ1) is 18.5. The molecule has 0 saturated carbocycles. The Hall–Kier alpha value is -3.39. The summed E-state index contributed by atoms with van der Waals surface area (Å²) in [4.78, 5) is 51.5. The maximum atomic E-state index is 12.9. The first-order valence-corrected chi connectivity index (χ1v) is 13.3. The van der Waals surface area contributed by atoms with Crippen LogP contribution >= 0.6 is 34.8 Å². The Kier molecular flexibility index (Phi) is 10.9. The number of benzene rings is 3. The number of carbonyl (C=O) groups excluding carboxylic acids is 3. The van der Waals surface area contributed by atoms with Crippen LogP contribution < -0.4 is 5.32 Å². The molecule has 0 aromatic heterocycles. The fourth-order valence-electron chi connectivity index (χ4n) is 3.94. The van der Waals surface area contributed by atoms with Crippen molar-refractivity contribution in [3.63, 3.8) is 0 Å². The average Bonchev–Trinajstić information content (AvgIpc) is 2.89. The zero-order chi connectivity index (χ0) is 28.5. The molecule has 0 aliphatic carbocycles. The molecule has 0 heterocycles. The third-order valence-corrected chi connectivity index (χ3v) is 6.89. The van der Waals surface area contributed by atoms with Gasteiger partial charge in [0.1, 0.15) is 6.04 Å². The monoisotopic (exact) mass is 588 g/mol. The predicted octanol–water partition coefficient (Wildman–Crippen LogP) is 6.08. The highest BCUT2D eigenvalue weighted by molar-refractivity contribution is 6.40. The maximum Gasteiger partial charge on any atom is 0.326 e. The number of nitrogens with zero attached hydrogens (tertiary/aromatic N) is 1. The van der Waals surface area contributed by atoms with Crippen LogP contribution in [-0.4, -0.2) is 46.7 Å². The fourth-order valence-corrected chi connectivity index (χ4v) is 4.81. The highest BCUT2D eigenvalue weighted by Crippen LogP contribution is 2.28. The van der Waals surface area contributed by atoms with E-state index in [0.29, 0.717) is 18.0 Å². The molecule has 0 aliphatic heterocycles. The molecule has 0 fully saturated rings. The summed E-state index contributed by atoms with van der Waals surface area (Å²) < 4.78 is 0. The van der Waals surface area contributed by atoms with Crippen LogP contribution in [0.2, 0.25) is 15.1 Å². The second-order valence-corrected chi connectivity index (χ2v) is 10.3. The molecule has 2 N–H and O–H groups in total. The summed E-state index contributed by atoms with van der Waals surface area (Å²) in [7, 11) is 1.63. The molecule has 3 aromatic rings. The molecule has 1 atom stereocenters. The van der Waals surface area contributed by atoms with Crippen molar-refractivity contribution in [3.05, 3.63) is 104 Å². The van der Waals surface area contributed by atoms with E-state index in [-0.39, 0.29) is 52.1 Å². The number of amides is 2. The SMILES string of the molecule is CN(Cc1ccccc1)C(=O)CC[C@H](NC(=O)c1c(Cl)cc(C(=O)CCc2cccc(Cl)c2)cc1Cl)C(=O)O. The molecule has 0 spiro atoms. The van der Waals surface area contributed by atoms with Gasteiger partial charge in [-0.1, -0.05) is 77.3 Å². The molecular formula is C29H27Cl3N2O5. The molecule has 0 radical (unpaired) electrons. The lowest BCUT2D eigenvalue weighted by Gasteiger charge is -2.20. The van der Waals surface area contributed by atoms with Crippen molar-refractivity contribution in [2.75, 3.05) is 7.05 Å². The van der Waals surface area contributed by atoms with Crippen LogP contribution in [0.15, 0.2) is 66.7 Å². The lowest BCUT2D eigenvalue weighted by atomic mass is 10.0. The smallest absolute Gasteiger partial charge is 0.326 e. The number of aryl methyl sites for hydroxylation is 1. The lowest BCUT2D eigenvalue weighted by molar-refractivity contribution is -0.139. The van der Waals surface area contributed by atoms with Crippen molar-refractivity contribution in [3.8, 4) is 0 Å². The molecule has 10 heteroatoms. The third kappa shape index (κ3) is 8.82. The number of carboxylic acid groups (broad SMARTS) is 1. The number of rotatable bonds is 12. The second-order valence-electron chi connectivity index (χ2n) is 9.01. The van der Waals surface area contributed by atoms with E-state index in [1.54, 1.807) is 25.2 Å². The van der Waals surface area contributed by atoms with E-state index in [2.05, 4.69) is 5.32 Å². The molecule has 0 unspecified atom stereocenters. The summed E-state index contributed by atoms with van der Waals surface area (Å²) in [5.41, 5.74) is 1.91. The van der Waals surface area contributed by atoms with Gasteiger partial charge in [0.15, 0.2) is 5.78 Å². The van der Waals surface area contributed by atoms with E-state index < -0.39 is 17.9 Å². The first kappa shape index (κ1) is 30.2. The molecule has 3 rings (SSSR count). The third-order valence-electron chi connectivity index (χ3n) is 6.06. The van der Waals surface area contributed by atoms with Crippen molar-refractivity contribution >= 4 is 58.4 Å². The van der Waals surface area contributed by atoms with Crippen LogP contribution in [0.3, 0.4) is 0 Å². The number of nitrogens with one attached hydrogen (secondary N) is 1. The van der Waals surface area contributed by atoms with Gasteiger partial charge in [-0.25, -0.2) is 4.79 Å². The number of hydrogen-bond donors (Lipinski definition) is 2. The van der Waals surface area contributed by atoms with Gasteiger partial charge in [-0.05, 0) is 48.2 Å². The van der Waals surface area contributed by atoms with E-state index in [1.165, 1.54) is 17.0 Å². The Balaban J connectivity index is 1.61. The summed E-state index contributed by atoms with van der Waals surface area (Å²) >= 11 is 18.6. The highest BCUT2D eigenvalue weighted by atomic mass is 35.5. The summed E-state index contributed by atoms with van der Waals surface area (Å²) in [5.74, 6) is -2.62. The number of hydrogen-bond acceptors (Lipinski definition) is 4. The van der Waals surface area contributed by atoms with Crippen molar-refractivity contribution in [1.29, 1.82) is 0 Å². The topological polar surface area (TPSA) is 104 Å². The Labute approximate surface area is 241 Å². The molecule has 0 saturated heterocycles. The number of halogens is 3. The standard InChI is InChI=1S/C29H27Cl3N2O5/c1-34(17-19-6-3-2-4-7-19)26(36)13-11-24(29(38)39)33-28(37)27-22(31)15-20(16-23(27)32)25(35)12-10-18-8-5-9-21(30)14-18/h2-9,14-16,24H,10-13,17H2,1H3,(H,33,37)(H,38,39)/t24-/m0/s1. The number of ketones is 1. The molecule has 2 amide bonds. The minimum atomic E-state index is -1.35. The van der Waals surface area contributed by atoms with Crippen LogP contribution in [0.25, 0.3) is 0 Å². The quantitative estimate of drug-likeness (QED) is 0.249. The average molecular weight is 590 g/mol. The summed E-state index contributed by atoms with van der Waals surface area (Å²) in [6.45, 7) is 0.374. The number of Topliss-reactive ketones (excluding diaryl/α,β-unsaturated/α-hetero) is 1. The zero-order valence-corrected chi connectivity index (χ0v) is 23.4. The van der Waals surface area contributed by atoms with E-state index in [4.69, 9.17) is 34.8 Å². The Morgan fingerprint density at radius 1 is 0.872 bits per heavy atom.